The molecule has 1 nitrogen and oxygen atoms in total. The molecule has 0 saturated carbocycles. The number of hydrogen-bond donors (Lipinski definition) is 1. The van der Waals surface area contributed by atoms with E-state index >= 15 is 0 Å². The van der Waals surface area contributed by atoms with Gasteiger partial charge in [-0.25, -0.2) is 0 Å². The van der Waals surface area contributed by atoms with Crippen molar-refractivity contribution in [3.8, 4) is 0 Å². The van der Waals surface area contributed by atoms with E-state index in [0.29, 0.717) is 0 Å². The fourth-order valence-corrected chi connectivity index (χ4v) is 7.80. The number of aryl methyl sites for hydroxylation is 2. The summed E-state index contributed by atoms with van der Waals surface area (Å²) in [5, 5.41) is 11.2. The first-order chi connectivity index (χ1) is 12.7. The van der Waals surface area contributed by atoms with E-state index < -0.39 is 11.4 Å². The normalized spacial score (nSPS) is 12.7. The second-order valence-corrected chi connectivity index (χ2v) is 14.5. The molecule has 0 bridgehead atoms. The molecule has 3 aromatic carbocycles. The Kier molecular flexibility index (Phi) is 7.06. The molecule has 0 fully saturated rings. The monoisotopic (exact) mass is 428 g/mol. The molecule has 0 aliphatic rings. The van der Waals surface area contributed by atoms with Gasteiger partial charge in [0.1, 0.15) is 0 Å². The van der Waals surface area contributed by atoms with Gasteiger partial charge < -0.3 is 0 Å². The summed E-state index contributed by atoms with van der Waals surface area (Å²) in [5.74, 6) is -0.406. The van der Waals surface area contributed by atoms with Crippen LogP contribution in [0.15, 0.2) is 91.0 Å². The molecular weight excluding hydrogens is 402 g/mol. The molecule has 3 heteroatoms. The first kappa shape index (κ1) is 19.3. The summed E-state index contributed by atoms with van der Waals surface area (Å²) in [6, 6.07) is 31.3. The molecule has 0 aromatic heterocycles. The van der Waals surface area contributed by atoms with Gasteiger partial charge in [-0.15, -0.1) is 0 Å². The third kappa shape index (κ3) is 5.29. The van der Waals surface area contributed by atoms with Gasteiger partial charge in [-0.1, -0.05) is 0 Å². The zero-order valence-electron chi connectivity index (χ0n) is 14.9. The second kappa shape index (κ2) is 9.49. The van der Waals surface area contributed by atoms with Crippen LogP contribution in [0.5, 0.6) is 0 Å². The molecule has 0 radical (unpaired) electrons. The number of rotatable bonds is 8. The van der Waals surface area contributed by atoms with Crippen LogP contribution in [0.25, 0.3) is 0 Å². The van der Waals surface area contributed by atoms with Crippen molar-refractivity contribution >= 4 is 20.6 Å². The first-order valence-corrected chi connectivity index (χ1v) is 13.5. The van der Waals surface area contributed by atoms with E-state index in [0.717, 1.165) is 30.7 Å². The molecule has 0 amide bonds. The third-order valence-electron chi connectivity index (χ3n) is 4.79. The molecule has 0 spiro atoms. The number of hydrogen-bond acceptors (Lipinski definition) is 1. The van der Waals surface area contributed by atoms with Crippen LogP contribution in [0.1, 0.15) is 22.5 Å². The molecule has 3 aromatic rings. The van der Waals surface area contributed by atoms with Crippen molar-refractivity contribution in [2.75, 3.05) is 12.3 Å². The van der Waals surface area contributed by atoms with Crippen molar-refractivity contribution in [1.82, 2.24) is 0 Å². The molecule has 1 unspecified atom stereocenters. The van der Waals surface area contributed by atoms with Crippen molar-refractivity contribution in [2.45, 2.75) is 18.7 Å². The number of aliphatic hydroxyl groups excluding tert-OH is 1. The summed E-state index contributed by atoms with van der Waals surface area (Å²) in [6.07, 6.45) is 4.03. The Bertz CT molecular complexity index is 786. The summed E-state index contributed by atoms with van der Waals surface area (Å²) >= 11 is 3.49. The van der Waals surface area contributed by atoms with Crippen LogP contribution in [-0.4, -0.2) is 32.5 Å². The molecular formula is C23H25OPSe. The van der Waals surface area contributed by atoms with Crippen molar-refractivity contribution in [3.05, 3.63) is 108 Å². The summed E-state index contributed by atoms with van der Waals surface area (Å²) in [4.78, 5) is 0. The average Bonchev–Trinajstić information content (AvgIpc) is 2.72. The topological polar surface area (TPSA) is 20.2 Å². The van der Waals surface area contributed by atoms with Gasteiger partial charge in [0, 0.05) is 0 Å². The van der Waals surface area contributed by atoms with Gasteiger partial charge in [0.25, 0.3) is 0 Å². The fourth-order valence-electron chi connectivity index (χ4n) is 3.18. The Morgan fingerprint density at radius 1 is 0.654 bits per heavy atom. The third-order valence-corrected chi connectivity index (χ3v) is 11.5. The van der Waals surface area contributed by atoms with Gasteiger partial charge >= 0.3 is 164 Å². The van der Waals surface area contributed by atoms with E-state index in [1.165, 1.54) is 11.1 Å². The predicted molar refractivity (Wildman–Crippen MR) is 114 cm³/mol. The van der Waals surface area contributed by atoms with Gasteiger partial charge in [-0.05, 0) is 0 Å². The number of aliphatic hydroxyl groups is 1. The molecule has 0 heterocycles. The maximum absolute atomic E-state index is 11.2. The number of benzene rings is 3. The van der Waals surface area contributed by atoms with E-state index in [2.05, 4.69) is 75.8 Å². The van der Waals surface area contributed by atoms with E-state index in [1.54, 1.807) is 0 Å². The van der Waals surface area contributed by atoms with E-state index in [1.807, 2.05) is 30.3 Å². The molecule has 134 valence electrons. The zero-order valence-corrected chi connectivity index (χ0v) is 17.5. The van der Waals surface area contributed by atoms with Gasteiger partial charge in [-0.2, -0.15) is 0 Å². The Labute approximate surface area is 164 Å². The molecule has 0 saturated heterocycles. The first-order valence-electron chi connectivity index (χ1n) is 9.06. The molecule has 3 rings (SSSR count). The molecule has 0 aliphatic heterocycles. The SMILES string of the molecule is OC(c1ccccc1)P(=[Se])(CCc1ccccc1)CCc1ccccc1. The Balaban J connectivity index is 1.78. The Morgan fingerprint density at radius 3 is 1.46 bits per heavy atom. The van der Waals surface area contributed by atoms with Gasteiger partial charge in [0.15, 0.2) is 0 Å². The predicted octanol–water partition coefficient (Wildman–Crippen LogP) is 5.26. The van der Waals surface area contributed by atoms with E-state index in [4.69, 9.17) is 0 Å². The van der Waals surface area contributed by atoms with Crippen molar-refractivity contribution in [2.24, 2.45) is 0 Å². The summed E-state index contributed by atoms with van der Waals surface area (Å²) < 4.78 is 0. The maximum atomic E-state index is 11.2. The molecule has 1 N–H and O–H groups in total. The minimum absolute atomic E-state index is 0.406. The Morgan fingerprint density at radius 2 is 1.04 bits per heavy atom. The quantitative estimate of drug-likeness (QED) is 0.384. The van der Waals surface area contributed by atoms with Gasteiger partial charge in [-0.3, -0.25) is 0 Å². The summed E-state index contributed by atoms with van der Waals surface area (Å²) in [5.41, 5.74) is 2.03. The van der Waals surface area contributed by atoms with Gasteiger partial charge in [0.2, 0.25) is 0 Å². The summed E-state index contributed by atoms with van der Waals surface area (Å²) in [6.45, 7) is 0. The van der Waals surface area contributed by atoms with Crippen LogP contribution >= 0.6 is 5.51 Å². The van der Waals surface area contributed by atoms with E-state index in [-0.39, 0.29) is 0 Å². The average molecular weight is 427 g/mol. The zero-order chi connectivity index (χ0) is 18.2. The van der Waals surface area contributed by atoms with Crippen molar-refractivity contribution < 1.29 is 5.11 Å². The van der Waals surface area contributed by atoms with Crippen LogP contribution in [0.4, 0.5) is 0 Å². The fraction of sp³-hybridized carbons (Fsp3) is 0.217. The van der Waals surface area contributed by atoms with Crippen molar-refractivity contribution in [3.63, 3.8) is 0 Å². The van der Waals surface area contributed by atoms with Crippen LogP contribution in [-0.2, 0) is 12.8 Å². The Hall–Kier alpha value is -1.43. The molecule has 0 aliphatic carbocycles. The van der Waals surface area contributed by atoms with Crippen LogP contribution in [0.3, 0.4) is 0 Å². The second-order valence-electron chi connectivity index (χ2n) is 6.66. The van der Waals surface area contributed by atoms with E-state index in [9.17, 15) is 5.11 Å². The molecule has 26 heavy (non-hydrogen) atoms. The van der Waals surface area contributed by atoms with Crippen molar-refractivity contribution in [1.29, 1.82) is 0 Å². The van der Waals surface area contributed by atoms with Crippen LogP contribution < -0.4 is 0 Å². The standard InChI is InChI=1S/C23H25OPSe/c24-23(22-14-8-3-9-15-22)25(26,18-16-20-10-4-1-5-11-20)19-17-21-12-6-2-7-13-21/h1-15,23-24H,16-19H2. The van der Waals surface area contributed by atoms with Gasteiger partial charge in [0.05, 0.1) is 0 Å². The molecule has 1 atom stereocenters. The minimum atomic E-state index is -1.68. The summed E-state index contributed by atoms with van der Waals surface area (Å²) in [7, 11) is 0. The van der Waals surface area contributed by atoms with Crippen LogP contribution in [0, 0.1) is 0 Å². The van der Waals surface area contributed by atoms with Crippen LogP contribution in [0.2, 0.25) is 0 Å².